The van der Waals surface area contributed by atoms with Crippen LogP contribution >= 0.6 is 0 Å². The first-order chi connectivity index (χ1) is 11.5. The third-order valence-electron chi connectivity index (χ3n) is 4.24. The second-order valence-corrected chi connectivity index (χ2v) is 6.32. The zero-order chi connectivity index (χ0) is 17.5. The summed E-state index contributed by atoms with van der Waals surface area (Å²) in [5.41, 5.74) is 6.27. The Morgan fingerprint density at radius 3 is 2.92 bits per heavy atom. The Labute approximate surface area is 142 Å². The van der Waals surface area contributed by atoms with Crippen LogP contribution in [0.1, 0.15) is 18.4 Å². The smallest absolute Gasteiger partial charge is 0.231 e. The van der Waals surface area contributed by atoms with Crippen molar-refractivity contribution in [1.29, 1.82) is 0 Å². The Balaban J connectivity index is 2.01. The molecule has 134 valence electrons. The molecule has 8 nitrogen and oxygen atoms in total. The van der Waals surface area contributed by atoms with Crippen molar-refractivity contribution in [3.05, 3.63) is 18.0 Å². The van der Waals surface area contributed by atoms with E-state index in [9.17, 15) is 9.59 Å². The Kier molecular flexibility index (Phi) is 6.74. The highest BCUT2D eigenvalue weighted by molar-refractivity contribution is 5.79. The molecule has 1 fully saturated rings. The van der Waals surface area contributed by atoms with Gasteiger partial charge in [-0.25, -0.2) is 0 Å². The topological polar surface area (TPSA) is 93.7 Å². The number of likely N-dealkylation sites (tertiary alicyclic amines) is 1. The molecule has 0 bridgehead atoms. The van der Waals surface area contributed by atoms with Gasteiger partial charge in [0.1, 0.15) is 0 Å². The van der Waals surface area contributed by atoms with Gasteiger partial charge in [-0.15, -0.1) is 0 Å². The lowest BCUT2D eigenvalue weighted by molar-refractivity contribution is -0.139. The van der Waals surface area contributed by atoms with Crippen molar-refractivity contribution in [2.24, 2.45) is 18.7 Å². The maximum absolute atomic E-state index is 12.9. The fraction of sp³-hybridized carbons (Fsp3) is 0.688. The predicted molar refractivity (Wildman–Crippen MR) is 88.9 cm³/mol. The Bertz CT molecular complexity index is 560. The fourth-order valence-corrected chi connectivity index (χ4v) is 3.12. The van der Waals surface area contributed by atoms with Crippen molar-refractivity contribution >= 4 is 11.8 Å². The Hall–Kier alpha value is -1.93. The molecule has 2 rings (SSSR count). The van der Waals surface area contributed by atoms with Crippen LogP contribution in [0, 0.1) is 5.92 Å². The number of methoxy groups -OCH3 is 1. The number of hydrogen-bond acceptors (Lipinski definition) is 5. The van der Waals surface area contributed by atoms with Crippen LogP contribution in [-0.2, 0) is 27.9 Å². The monoisotopic (exact) mass is 337 g/mol. The van der Waals surface area contributed by atoms with Crippen molar-refractivity contribution in [3.63, 3.8) is 0 Å². The average molecular weight is 337 g/mol. The summed E-state index contributed by atoms with van der Waals surface area (Å²) in [6.07, 6.45) is 5.42. The molecular formula is C16H27N5O3. The summed E-state index contributed by atoms with van der Waals surface area (Å²) in [5.74, 6) is -0.355. The van der Waals surface area contributed by atoms with E-state index < -0.39 is 0 Å². The standard InChI is InChI=1S/C16H27N5O3/c1-19-9-13(8-18-19)10-21(6-7-24-2)16(23)14-4-3-5-20(11-14)12-15(17)22/h8-9,14H,3-7,10-12H2,1-2H3,(H2,17,22). The highest BCUT2D eigenvalue weighted by atomic mass is 16.5. The SMILES string of the molecule is COCCN(Cc1cnn(C)c1)C(=O)C1CCCN(CC(N)=O)C1. The van der Waals surface area contributed by atoms with E-state index in [2.05, 4.69) is 5.10 Å². The lowest BCUT2D eigenvalue weighted by atomic mass is 9.96. The van der Waals surface area contributed by atoms with Gasteiger partial charge >= 0.3 is 0 Å². The molecule has 8 heteroatoms. The molecule has 0 spiro atoms. The highest BCUT2D eigenvalue weighted by Gasteiger charge is 2.29. The van der Waals surface area contributed by atoms with E-state index in [0.717, 1.165) is 24.9 Å². The van der Waals surface area contributed by atoms with Crippen molar-refractivity contribution in [3.8, 4) is 0 Å². The lowest BCUT2D eigenvalue weighted by Crippen LogP contribution is -2.47. The molecule has 0 saturated carbocycles. The molecule has 1 unspecified atom stereocenters. The molecule has 1 atom stereocenters. The normalized spacial score (nSPS) is 18.5. The van der Waals surface area contributed by atoms with Crippen molar-refractivity contribution in [1.82, 2.24) is 19.6 Å². The molecule has 1 aliphatic rings. The molecule has 0 radical (unpaired) electrons. The second-order valence-electron chi connectivity index (χ2n) is 6.32. The van der Waals surface area contributed by atoms with E-state index in [4.69, 9.17) is 10.5 Å². The minimum absolute atomic E-state index is 0.102. The summed E-state index contributed by atoms with van der Waals surface area (Å²) >= 11 is 0. The van der Waals surface area contributed by atoms with Crippen LogP contribution in [0.3, 0.4) is 0 Å². The van der Waals surface area contributed by atoms with Gasteiger partial charge in [-0.1, -0.05) is 0 Å². The summed E-state index contributed by atoms with van der Waals surface area (Å²) in [5, 5.41) is 4.15. The number of nitrogens with two attached hydrogens (primary N) is 1. The van der Waals surface area contributed by atoms with Crippen LogP contribution in [0.25, 0.3) is 0 Å². The number of amides is 2. The second kappa shape index (κ2) is 8.79. The van der Waals surface area contributed by atoms with E-state index in [1.165, 1.54) is 0 Å². The first-order valence-electron chi connectivity index (χ1n) is 8.25. The van der Waals surface area contributed by atoms with Crippen LogP contribution in [0.2, 0.25) is 0 Å². The molecule has 0 aromatic carbocycles. The highest BCUT2D eigenvalue weighted by Crippen LogP contribution is 2.20. The minimum atomic E-state index is -0.352. The average Bonchev–Trinajstić information content (AvgIpc) is 2.95. The van der Waals surface area contributed by atoms with Gasteiger partial charge in [-0.3, -0.25) is 19.2 Å². The van der Waals surface area contributed by atoms with Crippen molar-refractivity contribution in [2.45, 2.75) is 19.4 Å². The van der Waals surface area contributed by atoms with Crippen molar-refractivity contribution < 1.29 is 14.3 Å². The van der Waals surface area contributed by atoms with Gasteiger partial charge in [0.15, 0.2) is 0 Å². The number of aromatic nitrogens is 2. The van der Waals surface area contributed by atoms with E-state index in [0.29, 0.717) is 26.2 Å². The van der Waals surface area contributed by atoms with Gasteiger partial charge in [-0.05, 0) is 19.4 Å². The molecule has 1 aromatic rings. The largest absolute Gasteiger partial charge is 0.383 e. The van der Waals surface area contributed by atoms with Crippen molar-refractivity contribution in [2.75, 3.05) is 39.9 Å². The van der Waals surface area contributed by atoms with Gasteiger partial charge in [-0.2, -0.15) is 5.10 Å². The maximum Gasteiger partial charge on any atom is 0.231 e. The fourth-order valence-electron chi connectivity index (χ4n) is 3.12. The third-order valence-corrected chi connectivity index (χ3v) is 4.24. The maximum atomic E-state index is 12.9. The summed E-state index contributed by atoms with van der Waals surface area (Å²) < 4.78 is 6.87. The van der Waals surface area contributed by atoms with E-state index >= 15 is 0 Å². The van der Waals surface area contributed by atoms with Crippen LogP contribution in [0.5, 0.6) is 0 Å². The minimum Gasteiger partial charge on any atom is -0.383 e. The van der Waals surface area contributed by atoms with Crippen LogP contribution in [-0.4, -0.2) is 71.3 Å². The van der Waals surface area contributed by atoms with Gasteiger partial charge < -0.3 is 15.4 Å². The number of primary amides is 1. The number of nitrogens with zero attached hydrogens (tertiary/aromatic N) is 4. The number of piperidine rings is 1. The number of ether oxygens (including phenoxy) is 1. The van der Waals surface area contributed by atoms with Crippen LogP contribution < -0.4 is 5.73 Å². The molecule has 0 aliphatic carbocycles. The first-order valence-corrected chi connectivity index (χ1v) is 8.25. The number of aryl methyl sites for hydroxylation is 1. The molecule has 2 heterocycles. The van der Waals surface area contributed by atoms with Gasteiger partial charge in [0.25, 0.3) is 0 Å². The van der Waals surface area contributed by atoms with Crippen LogP contribution in [0.15, 0.2) is 12.4 Å². The number of carbonyl (C=O) groups is 2. The molecule has 1 saturated heterocycles. The van der Waals surface area contributed by atoms with E-state index in [1.54, 1.807) is 18.0 Å². The Morgan fingerprint density at radius 2 is 2.29 bits per heavy atom. The molecule has 2 amide bonds. The number of rotatable bonds is 8. The molecule has 24 heavy (non-hydrogen) atoms. The lowest BCUT2D eigenvalue weighted by Gasteiger charge is -2.34. The molecular weight excluding hydrogens is 310 g/mol. The summed E-state index contributed by atoms with van der Waals surface area (Å²) in [4.78, 5) is 27.9. The summed E-state index contributed by atoms with van der Waals surface area (Å²) in [6.45, 7) is 3.15. The first kappa shape index (κ1) is 18.4. The summed E-state index contributed by atoms with van der Waals surface area (Å²) in [6, 6.07) is 0. The predicted octanol–water partition coefficient (Wildman–Crippen LogP) is -0.408. The zero-order valence-corrected chi connectivity index (χ0v) is 14.5. The zero-order valence-electron chi connectivity index (χ0n) is 14.5. The number of carbonyl (C=O) groups excluding carboxylic acids is 2. The third kappa shape index (κ3) is 5.31. The Morgan fingerprint density at radius 1 is 1.50 bits per heavy atom. The van der Waals surface area contributed by atoms with Gasteiger partial charge in [0, 0.05) is 45.6 Å². The number of hydrogen-bond donors (Lipinski definition) is 1. The molecule has 1 aromatic heterocycles. The molecule has 2 N–H and O–H groups in total. The van der Waals surface area contributed by atoms with Gasteiger partial charge in [0.05, 0.1) is 25.3 Å². The van der Waals surface area contributed by atoms with E-state index in [-0.39, 0.29) is 24.3 Å². The quantitative estimate of drug-likeness (QED) is 0.696. The van der Waals surface area contributed by atoms with Gasteiger partial charge in [0.2, 0.25) is 11.8 Å². The van der Waals surface area contributed by atoms with Crippen LogP contribution in [0.4, 0.5) is 0 Å². The van der Waals surface area contributed by atoms with E-state index in [1.807, 2.05) is 23.0 Å². The summed E-state index contributed by atoms with van der Waals surface area (Å²) in [7, 11) is 3.48. The molecule has 1 aliphatic heterocycles.